The van der Waals surface area contributed by atoms with Crippen LogP contribution in [0.3, 0.4) is 0 Å². The molecule has 0 amide bonds. The van der Waals surface area contributed by atoms with E-state index in [1.807, 2.05) is 19.1 Å². The topological polar surface area (TPSA) is 52.0 Å². The van der Waals surface area contributed by atoms with E-state index in [9.17, 15) is 8.42 Å². The summed E-state index contributed by atoms with van der Waals surface area (Å²) in [6, 6.07) is 10.8. The standard InChI is InChI=1S/C17H17IN2O2S/c1-3-4-13-9-10-19-17-15(13)11-16(18)20(17)23(21,22)14-7-5-12(2)6-8-14/h5-11H,3-4H2,1-2H3. The number of fused-ring (bicyclic) bond motifs is 1. The molecule has 0 N–H and O–H groups in total. The molecule has 0 atom stereocenters. The zero-order valence-electron chi connectivity index (χ0n) is 13.0. The molecule has 4 nitrogen and oxygen atoms in total. The molecule has 120 valence electrons. The molecule has 3 rings (SSSR count). The average Bonchev–Trinajstić information content (AvgIpc) is 2.86. The third kappa shape index (κ3) is 2.89. The minimum Gasteiger partial charge on any atom is -0.237 e. The van der Waals surface area contributed by atoms with Crippen LogP contribution in [0.4, 0.5) is 0 Å². The van der Waals surface area contributed by atoms with Gasteiger partial charge in [0.2, 0.25) is 0 Å². The van der Waals surface area contributed by atoms with Crippen molar-refractivity contribution in [3.63, 3.8) is 0 Å². The van der Waals surface area contributed by atoms with Crippen molar-refractivity contribution >= 4 is 43.6 Å². The highest BCUT2D eigenvalue weighted by molar-refractivity contribution is 14.1. The highest BCUT2D eigenvalue weighted by Crippen LogP contribution is 2.28. The molecule has 0 bridgehead atoms. The normalized spacial score (nSPS) is 12.0. The van der Waals surface area contributed by atoms with Crippen molar-refractivity contribution in [2.24, 2.45) is 0 Å². The Morgan fingerprint density at radius 3 is 2.52 bits per heavy atom. The predicted octanol–water partition coefficient (Wildman–Crippen LogP) is 4.14. The Balaban J connectivity index is 2.25. The first-order valence-electron chi connectivity index (χ1n) is 7.42. The van der Waals surface area contributed by atoms with Gasteiger partial charge in [-0.15, -0.1) is 0 Å². The van der Waals surface area contributed by atoms with Gasteiger partial charge in [-0.2, -0.15) is 0 Å². The van der Waals surface area contributed by atoms with Gasteiger partial charge < -0.3 is 0 Å². The lowest BCUT2D eigenvalue weighted by Gasteiger charge is -2.09. The van der Waals surface area contributed by atoms with E-state index in [4.69, 9.17) is 0 Å². The van der Waals surface area contributed by atoms with Gasteiger partial charge in [-0.25, -0.2) is 17.4 Å². The Bertz CT molecular complexity index is 960. The van der Waals surface area contributed by atoms with E-state index in [1.54, 1.807) is 30.5 Å². The average molecular weight is 440 g/mol. The number of hydrogen-bond donors (Lipinski definition) is 0. The van der Waals surface area contributed by atoms with Crippen LogP contribution >= 0.6 is 22.6 Å². The van der Waals surface area contributed by atoms with Crippen LogP contribution in [0, 0.1) is 10.6 Å². The SMILES string of the molecule is CCCc1ccnc2c1cc(I)n2S(=O)(=O)c1ccc(C)cc1. The van der Waals surface area contributed by atoms with E-state index in [0.29, 0.717) is 9.35 Å². The van der Waals surface area contributed by atoms with Crippen molar-refractivity contribution in [3.8, 4) is 0 Å². The molecule has 0 saturated heterocycles. The molecule has 0 spiro atoms. The maximum absolute atomic E-state index is 13.0. The van der Waals surface area contributed by atoms with Gasteiger partial charge >= 0.3 is 0 Å². The second kappa shape index (κ2) is 6.24. The minimum absolute atomic E-state index is 0.279. The van der Waals surface area contributed by atoms with E-state index in [1.165, 1.54) is 3.97 Å². The molecule has 2 heterocycles. The van der Waals surface area contributed by atoms with Crippen molar-refractivity contribution < 1.29 is 8.42 Å². The monoisotopic (exact) mass is 440 g/mol. The molecule has 0 unspecified atom stereocenters. The van der Waals surface area contributed by atoms with Crippen LogP contribution < -0.4 is 0 Å². The lowest BCUT2D eigenvalue weighted by atomic mass is 10.1. The maximum Gasteiger partial charge on any atom is 0.270 e. The Kier molecular flexibility index (Phi) is 4.46. The van der Waals surface area contributed by atoms with Crippen LogP contribution in [0.5, 0.6) is 0 Å². The van der Waals surface area contributed by atoms with Gasteiger partial charge in [0.1, 0.15) is 0 Å². The molecule has 0 aliphatic heterocycles. The van der Waals surface area contributed by atoms with Crippen LogP contribution in [0.1, 0.15) is 24.5 Å². The molecule has 0 aliphatic rings. The van der Waals surface area contributed by atoms with Gasteiger partial charge in [0.05, 0.1) is 8.60 Å². The number of rotatable bonds is 4. The van der Waals surface area contributed by atoms with Gasteiger partial charge in [-0.3, -0.25) is 0 Å². The molecule has 1 aromatic carbocycles. The lowest BCUT2D eigenvalue weighted by Crippen LogP contribution is -2.15. The quantitative estimate of drug-likeness (QED) is 0.574. The van der Waals surface area contributed by atoms with Crippen molar-refractivity contribution in [1.82, 2.24) is 8.96 Å². The summed E-state index contributed by atoms with van der Waals surface area (Å²) in [4.78, 5) is 4.61. The van der Waals surface area contributed by atoms with Gasteiger partial charge in [0.25, 0.3) is 10.0 Å². The summed E-state index contributed by atoms with van der Waals surface area (Å²) < 4.78 is 28.0. The fourth-order valence-electron chi connectivity index (χ4n) is 2.63. The Morgan fingerprint density at radius 2 is 1.87 bits per heavy atom. The molecular weight excluding hydrogens is 423 g/mol. The molecule has 3 aromatic rings. The Hall–Kier alpha value is -1.41. The fourth-order valence-corrected chi connectivity index (χ4v) is 5.29. The molecule has 2 aromatic heterocycles. The van der Waals surface area contributed by atoms with E-state index in [2.05, 4.69) is 34.5 Å². The fraction of sp³-hybridized carbons (Fsp3) is 0.235. The number of nitrogens with zero attached hydrogens (tertiary/aromatic N) is 2. The zero-order chi connectivity index (χ0) is 16.6. The summed E-state index contributed by atoms with van der Waals surface area (Å²) in [5.41, 5.74) is 2.66. The number of pyridine rings is 1. The molecule has 0 radical (unpaired) electrons. The van der Waals surface area contributed by atoms with Gasteiger partial charge in [-0.05, 0) is 65.8 Å². The second-order valence-corrected chi connectivity index (χ2v) is 8.40. The molecule has 0 saturated carbocycles. The van der Waals surface area contributed by atoms with Crippen LogP contribution in [-0.2, 0) is 16.4 Å². The van der Waals surface area contributed by atoms with Gasteiger partial charge in [0.15, 0.2) is 5.65 Å². The summed E-state index contributed by atoms with van der Waals surface area (Å²) in [5.74, 6) is 0. The third-order valence-electron chi connectivity index (χ3n) is 3.79. The van der Waals surface area contributed by atoms with Crippen LogP contribution in [0.2, 0.25) is 0 Å². The second-order valence-electron chi connectivity index (χ2n) is 5.51. The molecule has 0 fully saturated rings. The summed E-state index contributed by atoms with van der Waals surface area (Å²) in [6.07, 6.45) is 3.60. The summed E-state index contributed by atoms with van der Waals surface area (Å²) >= 11 is 2.06. The van der Waals surface area contributed by atoms with Crippen molar-refractivity contribution in [2.45, 2.75) is 31.6 Å². The Morgan fingerprint density at radius 1 is 1.17 bits per heavy atom. The van der Waals surface area contributed by atoms with Gasteiger partial charge in [-0.1, -0.05) is 31.0 Å². The number of hydrogen-bond acceptors (Lipinski definition) is 3. The molecule has 23 heavy (non-hydrogen) atoms. The third-order valence-corrected chi connectivity index (χ3v) is 6.63. The first-order valence-corrected chi connectivity index (χ1v) is 9.94. The molecule has 0 aliphatic carbocycles. The first-order chi connectivity index (χ1) is 10.9. The zero-order valence-corrected chi connectivity index (χ0v) is 15.9. The highest BCUT2D eigenvalue weighted by atomic mass is 127. The summed E-state index contributed by atoms with van der Waals surface area (Å²) in [5, 5.41) is 0.912. The number of halogens is 1. The first kappa shape index (κ1) is 16.4. The summed E-state index contributed by atoms with van der Waals surface area (Å²) in [7, 11) is -3.65. The predicted molar refractivity (Wildman–Crippen MR) is 100 cm³/mol. The van der Waals surface area contributed by atoms with E-state index >= 15 is 0 Å². The largest absolute Gasteiger partial charge is 0.270 e. The molecular formula is C17H17IN2O2S. The van der Waals surface area contributed by atoms with Crippen LogP contribution in [-0.4, -0.2) is 17.4 Å². The number of aromatic nitrogens is 2. The van der Waals surface area contributed by atoms with Crippen LogP contribution in [0.25, 0.3) is 11.0 Å². The Labute approximate surface area is 149 Å². The highest BCUT2D eigenvalue weighted by Gasteiger charge is 2.23. The lowest BCUT2D eigenvalue weighted by molar-refractivity contribution is 0.588. The molecule has 6 heteroatoms. The van der Waals surface area contributed by atoms with E-state index < -0.39 is 10.0 Å². The van der Waals surface area contributed by atoms with Crippen molar-refractivity contribution in [2.75, 3.05) is 0 Å². The smallest absolute Gasteiger partial charge is 0.237 e. The maximum atomic E-state index is 13.0. The van der Waals surface area contributed by atoms with Crippen LogP contribution in [0.15, 0.2) is 47.5 Å². The minimum atomic E-state index is -3.65. The van der Waals surface area contributed by atoms with Crippen molar-refractivity contribution in [1.29, 1.82) is 0 Å². The van der Waals surface area contributed by atoms with Gasteiger partial charge in [0, 0.05) is 11.6 Å². The summed E-state index contributed by atoms with van der Waals surface area (Å²) in [6.45, 7) is 4.04. The number of aryl methyl sites for hydroxylation is 2. The van der Waals surface area contributed by atoms with Crippen molar-refractivity contribution in [3.05, 3.63) is 57.4 Å². The number of benzene rings is 1. The van der Waals surface area contributed by atoms with E-state index in [-0.39, 0.29) is 4.90 Å². The van der Waals surface area contributed by atoms with E-state index in [0.717, 1.165) is 29.4 Å².